The van der Waals surface area contributed by atoms with E-state index in [0.717, 1.165) is 38.9 Å². The van der Waals surface area contributed by atoms with Crippen molar-refractivity contribution in [3.8, 4) is 11.5 Å². The number of ether oxygens (including phenoxy) is 2. The Morgan fingerprint density at radius 2 is 1.76 bits per heavy atom. The normalized spacial score (nSPS) is 14.8. The molecule has 0 aliphatic carbocycles. The van der Waals surface area contributed by atoms with Gasteiger partial charge in [0, 0.05) is 25.2 Å². The van der Waals surface area contributed by atoms with Crippen LogP contribution >= 0.6 is 0 Å². The number of nitrogens with zero attached hydrogens (tertiary/aromatic N) is 1. The molecular formula is C26H30N2O5. The third kappa shape index (κ3) is 5.54. The Bertz CT molecular complexity index is 1150. The zero-order valence-corrected chi connectivity index (χ0v) is 19.1. The molecule has 1 aliphatic rings. The standard InChI is InChI=1S/C26H30N2O5/c1-31-23-14-20-21(29)15-25(33-22(20)16-24(23)32-2)26(30)27-11-8-18-9-12-28(13-10-18)17-19-6-4-3-5-7-19/h3-7,14-16,18H,8-13,17H2,1-2H3,(H,27,30). The van der Waals surface area contributed by atoms with Crippen molar-refractivity contribution in [3.05, 3.63) is 70.1 Å². The van der Waals surface area contributed by atoms with Crippen molar-refractivity contribution in [1.82, 2.24) is 10.2 Å². The highest BCUT2D eigenvalue weighted by Gasteiger charge is 2.20. The molecule has 1 saturated heterocycles. The molecule has 1 aliphatic heterocycles. The lowest BCUT2D eigenvalue weighted by molar-refractivity contribution is 0.0920. The number of methoxy groups -OCH3 is 2. The molecule has 0 bridgehead atoms. The minimum Gasteiger partial charge on any atom is -0.493 e. The second-order valence-electron chi connectivity index (χ2n) is 8.43. The van der Waals surface area contributed by atoms with Crippen molar-refractivity contribution in [3.63, 3.8) is 0 Å². The molecule has 1 aromatic heterocycles. The lowest BCUT2D eigenvalue weighted by Crippen LogP contribution is -2.35. The van der Waals surface area contributed by atoms with Crippen LogP contribution in [0.1, 0.15) is 35.4 Å². The number of piperidine rings is 1. The average Bonchev–Trinajstić information content (AvgIpc) is 2.84. The highest BCUT2D eigenvalue weighted by atomic mass is 16.5. The summed E-state index contributed by atoms with van der Waals surface area (Å²) in [5, 5.41) is 3.24. The van der Waals surface area contributed by atoms with Crippen molar-refractivity contribution in [2.24, 2.45) is 5.92 Å². The first kappa shape index (κ1) is 22.9. The van der Waals surface area contributed by atoms with E-state index in [1.165, 1.54) is 25.8 Å². The first-order chi connectivity index (χ1) is 16.1. The minimum atomic E-state index is -0.384. The summed E-state index contributed by atoms with van der Waals surface area (Å²) in [7, 11) is 3.00. The van der Waals surface area contributed by atoms with Gasteiger partial charge in [0.15, 0.2) is 22.7 Å². The summed E-state index contributed by atoms with van der Waals surface area (Å²) >= 11 is 0. The van der Waals surface area contributed by atoms with E-state index in [1.54, 1.807) is 12.1 Å². The fourth-order valence-corrected chi connectivity index (χ4v) is 4.35. The zero-order valence-electron chi connectivity index (χ0n) is 19.1. The van der Waals surface area contributed by atoms with E-state index in [-0.39, 0.29) is 22.7 Å². The number of carbonyl (C=O) groups is 1. The van der Waals surface area contributed by atoms with E-state index in [9.17, 15) is 9.59 Å². The van der Waals surface area contributed by atoms with E-state index in [1.807, 2.05) is 6.07 Å². The van der Waals surface area contributed by atoms with Crippen LogP contribution in [0.2, 0.25) is 0 Å². The van der Waals surface area contributed by atoms with Gasteiger partial charge in [0.05, 0.1) is 19.6 Å². The largest absolute Gasteiger partial charge is 0.493 e. The first-order valence-electron chi connectivity index (χ1n) is 11.3. The molecular weight excluding hydrogens is 420 g/mol. The number of hydrogen-bond acceptors (Lipinski definition) is 6. The molecule has 1 amide bonds. The van der Waals surface area contributed by atoms with Gasteiger partial charge in [-0.3, -0.25) is 14.5 Å². The summed E-state index contributed by atoms with van der Waals surface area (Å²) < 4.78 is 16.2. The number of nitrogens with one attached hydrogen (secondary N) is 1. The molecule has 4 rings (SSSR count). The molecule has 0 atom stereocenters. The lowest BCUT2D eigenvalue weighted by Gasteiger charge is -2.32. The van der Waals surface area contributed by atoms with E-state index in [2.05, 4.69) is 34.5 Å². The fourth-order valence-electron chi connectivity index (χ4n) is 4.35. The predicted octanol–water partition coefficient (Wildman–Crippen LogP) is 3.84. The van der Waals surface area contributed by atoms with E-state index < -0.39 is 0 Å². The third-order valence-electron chi connectivity index (χ3n) is 6.25. The molecule has 3 aromatic rings. The molecule has 2 heterocycles. The Labute approximate surface area is 193 Å². The lowest BCUT2D eigenvalue weighted by atomic mass is 9.93. The van der Waals surface area contributed by atoms with Crippen LogP contribution in [-0.2, 0) is 6.54 Å². The maximum Gasteiger partial charge on any atom is 0.287 e. The van der Waals surface area contributed by atoms with Gasteiger partial charge in [-0.05, 0) is 49.9 Å². The number of benzene rings is 2. The maximum absolute atomic E-state index is 12.6. The quantitative estimate of drug-likeness (QED) is 0.562. The SMILES string of the molecule is COc1cc2oc(C(=O)NCCC3CCN(Cc4ccccc4)CC3)cc(=O)c2cc1OC. The molecule has 0 radical (unpaired) electrons. The molecule has 7 nitrogen and oxygen atoms in total. The smallest absolute Gasteiger partial charge is 0.287 e. The van der Waals surface area contributed by atoms with Crippen LogP contribution in [0.4, 0.5) is 0 Å². The Morgan fingerprint density at radius 1 is 1.06 bits per heavy atom. The van der Waals surface area contributed by atoms with Crippen LogP contribution in [-0.4, -0.2) is 44.7 Å². The van der Waals surface area contributed by atoms with Gasteiger partial charge in [0.1, 0.15) is 5.58 Å². The molecule has 0 spiro atoms. The number of hydrogen-bond donors (Lipinski definition) is 1. The van der Waals surface area contributed by atoms with Gasteiger partial charge < -0.3 is 19.2 Å². The average molecular weight is 451 g/mol. The Kier molecular flexibility index (Phi) is 7.29. The first-order valence-corrected chi connectivity index (χ1v) is 11.3. The van der Waals surface area contributed by atoms with Crippen molar-refractivity contribution in [1.29, 1.82) is 0 Å². The third-order valence-corrected chi connectivity index (χ3v) is 6.25. The highest BCUT2D eigenvalue weighted by Crippen LogP contribution is 2.31. The molecule has 1 fully saturated rings. The van der Waals surface area contributed by atoms with E-state index in [4.69, 9.17) is 13.9 Å². The summed E-state index contributed by atoms with van der Waals surface area (Å²) in [6, 6.07) is 14.9. The van der Waals surface area contributed by atoms with Crippen LogP contribution in [0, 0.1) is 5.92 Å². The van der Waals surface area contributed by atoms with Gasteiger partial charge in [-0.25, -0.2) is 0 Å². The summed E-state index contributed by atoms with van der Waals surface area (Å²) in [6.45, 7) is 3.68. The summed E-state index contributed by atoms with van der Waals surface area (Å²) in [6.07, 6.45) is 3.15. The van der Waals surface area contributed by atoms with Crippen LogP contribution in [0.15, 0.2) is 57.7 Å². The Hall–Kier alpha value is -3.32. The van der Waals surface area contributed by atoms with Gasteiger partial charge in [-0.15, -0.1) is 0 Å². The number of amides is 1. The van der Waals surface area contributed by atoms with Crippen LogP contribution in [0.5, 0.6) is 11.5 Å². The molecule has 0 saturated carbocycles. The molecule has 174 valence electrons. The topological polar surface area (TPSA) is 81.0 Å². The number of carbonyl (C=O) groups excluding carboxylic acids is 1. The highest BCUT2D eigenvalue weighted by molar-refractivity contribution is 5.93. The van der Waals surface area contributed by atoms with Gasteiger partial charge in [-0.2, -0.15) is 0 Å². The number of likely N-dealkylation sites (tertiary alicyclic amines) is 1. The second kappa shape index (κ2) is 10.5. The van der Waals surface area contributed by atoms with Crippen molar-refractivity contribution < 1.29 is 18.7 Å². The monoisotopic (exact) mass is 450 g/mol. The predicted molar refractivity (Wildman–Crippen MR) is 127 cm³/mol. The van der Waals surface area contributed by atoms with Gasteiger partial charge >= 0.3 is 0 Å². The Balaban J connectivity index is 1.30. The number of fused-ring (bicyclic) bond motifs is 1. The van der Waals surface area contributed by atoms with Gasteiger partial charge in [-0.1, -0.05) is 30.3 Å². The fraction of sp³-hybridized carbons (Fsp3) is 0.385. The van der Waals surface area contributed by atoms with Crippen LogP contribution in [0.25, 0.3) is 11.0 Å². The minimum absolute atomic E-state index is 0.00241. The molecule has 33 heavy (non-hydrogen) atoms. The molecule has 7 heteroatoms. The zero-order chi connectivity index (χ0) is 23.2. The van der Waals surface area contributed by atoms with Crippen molar-refractivity contribution in [2.45, 2.75) is 25.8 Å². The summed E-state index contributed by atoms with van der Waals surface area (Å²) in [5.41, 5.74) is 1.33. The van der Waals surface area contributed by atoms with Crippen LogP contribution in [0.3, 0.4) is 0 Å². The van der Waals surface area contributed by atoms with Gasteiger partial charge in [0.2, 0.25) is 0 Å². The van der Waals surface area contributed by atoms with E-state index >= 15 is 0 Å². The van der Waals surface area contributed by atoms with E-state index in [0.29, 0.717) is 29.3 Å². The molecule has 2 aromatic carbocycles. The molecule has 1 N–H and O–H groups in total. The Morgan fingerprint density at radius 3 is 2.45 bits per heavy atom. The number of rotatable bonds is 8. The van der Waals surface area contributed by atoms with Crippen LogP contribution < -0.4 is 20.2 Å². The second-order valence-corrected chi connectivity index (χ2v) is 8.43. The van der Waals surface area contributed by atoms with Crippen molar-refractivity contribution in [2.75, 3.05) is 33.9 Å². The maximum atomic E-state index is 12.6. The van der Waals surface area contributed by atoms with Gasteiger partial charge in [0.25, 0.3) is 5.91 Å². The molecule has 0 unspecified atom stereocenters. The van der Waals surface area contributed by atoms with Crippen molar-refractivity contribution >= 4 is 16.9 Å². The summed E-state index contributed by atoms with van der Waals surface area (Å²) in [5.74, 6) is 1.06. The summed E-state index contributed by atoms with van der Waals surface area (Å²) in [4.78, 5) is 27.6.